The predicted octanol–water partition coefficient (Wildman–Crippen LogP) is 1.98. The number of fused-ring (bicyclic) bond motifs is 1. The van der Waals surface area contributed by atoms with Crippen LogP contribution >= 0.6 is 0 Å². The van der Waals surface area contributed by atoms with Gasteiger partial charge < -0.3 is 19.7 Å². The van der Waals surface area contributed by atoms with E-state index in [1.54, 1.807) is 0 Å². The van der Waals surface area contributed by atoms with Crippen molar-refractivity contribution in [1.82, 2.24) is 14.9 Å². The normalized spacial score (nSPS) is 20.1. The number of nitrogens with zero attached hydrogens (tertiary/aromatic N) is 4. The maximum Gasteiger partial charge on any atom is 0.227 e. The van der Waals surface area contributed by atoms with Crippen molar-refractivity contribution in [3.8, 4) is 0 Å². The van der Waals surface area contributed by atoms with Gasteiger partial charge in [0, 0.05) is 44.9 Å². The smallest absolute Gasteiger partial charge is 0.227 e. The summed E-state index contributed by atoms with van der Waals surface area (Å²) in [7, 11) is 1.93. The van der Waals surface area contributed by atoms with E-state index in [0.29, 0.717) is 0 Å². The Kier molecular flexibility index (Phi) is 5.31. The molecule has 0 radical (unpaired) electrons. The molecular formula is C20H29N5O2. The van der Waals surface area contributed by atoms with Crippen LogP contribution < -0.4 is 10.2 Å². The standard InChI is InChI=1S/C20H29N5O2/c1-14-6-7-16(27-14)13-24-9-10-25(12-15(24)8-11-26)20-22-18-5-3-4-17(18)19(21-2)23-20/h6-7,15,26H,3-5,8-13H2,1-2H3,(H,21,22,23). The number of hydrogen-bond donors (Lipinski definition) is 2. The van der Waals surface area contributed by atoms with Crippen molar-refractivity contribution in [2.45, 2.75) is 45.2 Å². The molecule has 2 N–H and O–H groups in total. The first-order valence-electron chi connectivity index (χ1n) is 9.90. The first-order valence-corrected chi connectivity index (χ1v) is 9.90. The van der Waals surface area contributed by atoms with Gasteiger partial charge in [-0.05, 0) is 44.7 Å². The highest BCUT2D eigenvalue weighted by atomic mass is 16.3. The molecule has 1 fully saturated rings. The van der Waals surface area contributed by atoms with Gasteiger partial charge in [0.1, 0.15) is 17.3 Å². The highest BCUT2D eigenvalue weighted by molar-refractivity contribution is 5.53. The molecule has 3 heterocycles. The number of furan rings is 1. The van der Waals surface area contributed by atoms with Gasteiger partial charge in [0.25, 0.3) is 0 Å². The van der Waals surface area contributed by atoms with Crippen molar-refractivity contribution >= 4 is 11.8 Å². The number of nitrogens with one attached hydrogen (secondary N) is 1. The molecule has 0 aromatic carbocycles. The van der Waals surface area contributed by atoms with Crippen LogP contribution in [0.2, 0.25) is 0 Å². The SMILES string of the molecule is CNc1nc(N2CCN(Cc3ccc(C)o3)C(CCO)C2)nc2c1CCC2. The highest BCUT2D eigenvalue weighted by Crippen LogP contribution is 2.29. The molecule has 1 aliphatic carbocycles. The fourth-order valence-electron chi connectivity index (χ4n) is 4.24. The van der Waals surface area contributed by atoms with Crippen LogP contribution in [0.25, 0.3) is 0 Å². The van der Waals surface area contributed by atoms with Crippen molar-refractivity contribution in [1.29, 1.82) is 0 Å². The lowest BCUT2D eigenvalue weighted by molar-refractivity contribution is 0.126. The zero-order chi connectivity index (χ0) is 18.8. The molecule has 2 aromatic rings. The van der Waals surface area contributed by atoms with E-state index >= 15 is 0 Å². The predicted molar refractivity (Wildman–Crippen MR) is 105 cm³/mol. The van der Waals surface area contributed by atoms with Crippen molar-refractivity contribution in [2.24, 2.45) is 0 Å². The second kappa shape index (κ2) is 7.86. The van der Waals surface area contributed by atoms with Crippen LogP contribution in [0.15, 0.2) is 16.5 Å². The molecule has 1 unspecified atom stereocenters. The number of piperazine rings is 1. The number of aromatic nitrogens is 2. The lowest BCUT2D eigenvalue weighted by Gasteiger charge is -2.41. The number of aliphatic hydroxyl groups is 1. The van der Waals surface area contributed by atoms with Gasteiger partial charge in [0.2, 0.25) is 5.95 Å². The third kappa shape index (κ3) is 3.80. The molecule has 7 heteroatoms. The fraction of sp³-hybridized carbons (Fsp3) is 0.600. The van der Waals surface area contributed by atoms with Gasteiger partial charge in [-0.15, -0.1) is 0 Å². The van der Waals surface area contributed by atoms with E-state index in [2.05, 4.69) is 15.1 Å². The molecule has 4 rings (SSSR count). The minimum absolute atomic E-state index is 0.180. The molecule has 1 atom stereocenters. The summed E-state index contributed by atoms with van der Waals surface area (Å²) < 4.78 is 5.75. The Morgan fingerprint density at radius 3 is 2.89 bits per heavy atom. The maximum atomic E-state index is 9.56. The monoisotopic (exact) mass is 371 g/mol. The molecule has 7 nitrogen and oxygen atoms in total. The molecule has 1 saturated heterocycles. The first-order chi connectivity index (χ1) is 13.2. The molecular weight excluding hydrogens is 342 g/mol. The Labute approximate surface area is 160 Å². The van der Waals surface area contributed by atoms with Crippen LogP contribution in [-0.4, -0.2) is 59.3 Å². The Morgan fingerprint density at radius 1 is 1.26 bits per heavy atom. The van der Waals surface area contributed by atoms with E-state index in [1.807, 2.05) is 26.1 Å². The van der Waals surface area contributed by atoms with Gasteiger partial charge in [0.15, 0.2) is 0 Å². The maximum absolute atomic E-state index is 9.56. The van der Waals surface area contributed by atoms with E-state index in [9.17, 15) is 5.11 Å². The largest absolute Gasteiger partial charge is 0.465 e. The molecule has 0 amide bonds. The van der Waals surface area contributed by atoms with Crippen LogP contribution in [-0.2, 0) is 19.4 Å². The third-order valence-corrected chi connectivity index (χ3v) is 5.66. The summed E-state index contributed by atoms with van der Waals surface area (Å²) in [5.41, 5.74) is 2.47. The summed E-state index contributed by atoms with van der Waals surface area (Å²) in [4.78, 5) is 14.3. The Balaban J connectivity index is 1.51. The van der Waals surface area contributed by atoms with Crippen LogP contribution in [0.3, 0.4) is 0 Å². The minimum atomic E-state index is 0.180. The second-order valence-electron chi connectivity index (χ2n) is 7.50. The van der Waals surface area contributed by atoms with Crippen molar-refractivity contribution < 1.29 is 9.52 Å². The van der Waals surface area contributed by atoms with Crippen LogP contribution in [0, 0.1) is 6.92 Å². The Hall–Kier alpha value is -2.12. The summed E-state index contributed by atoms with van der Waals surface area (Å²) >= 11 is 0. The molecule has 0 spiro atoms. The number of rotatable bonds is 6. The molecule has 146 valence electrons. The van der Waals surface area contributed by atoms with Gasteiger partial charge in [-0.25, -0.2) is 4.98 Å². The van der Waals surface area contributed by atoms with Gasteiger partial charge in [-0.1, -0.05) is 0 Å². The summed E-state index contributed by atoms with van der Waals surface area (Å²) in [6.45, 7) is 5.53. The third-order valence-electron chi connectivity index (χ3n) is 5.66. The number of aryl methyl sites for hydroxylation is 2. The molecule has 2 aliphatic rings. The molecule has 27 heavy (non-hydrogen) atoms. The van der Waals surface area contributed by atoms with Gasteiger partial charge in [0.05, 0.1) is 12.2 Å². The highest BCUT2D eigenvalue weighted by Gasteiger charge is 2.30. The Morgan fingerprint density at radius 2 is 2.15 bits per heavy atom. The topological polar surface area (TPSA) is 77.7 Å². The summed E-state index contributed by atoms with van der Waals surface area (Å²) in [5.74, 6) is 3.71. The molecule has 0 saturated carbocycles. The second-order valence-corrected chi connectivity index (χ2v) is 7.50. The van der Waals surface area contributed by atoms with Gasteiger partial charge in [-0.2, -0.15) is 4.98 Å². The van der Waals surface area contributed by atoms with Crippen molar-refractivity contribution in [3.63, 3.8) is 0 Å². The van der Waals surface area contributed by atoms with E-state index in [1.165, 1.54) is 11.3 Å². The first kappa shape index (κ1) is 18.3. The minimum Gasteiger partial charge on any atom is -0.465 e. The van der Waals surface area contributed by atoms with E-state index in [-0.39, 0.29) is 12.6 Å². The van der Waals surface area contributed by atoms with E-state index < -0.39 is 0 Å². The van der Waals surface area contributed by atoms with E-state index in [4.69, 9.17) is 14.4 Å². The fourth-order valence-corrected chi connectivity index (χ4v) is 4.24. The summed E-state index contributed by atoms with van der Waals surface area (Å²) in [5, 5.41) is 12.8. The quantitative estimate of drug-likeness (QED) is 0.804. The van der Waals surface area contributed by atoms with Crippen LogP contribution in [0.4, 0.5) is 11.8 Å². The molecule has 1 aliphatic heterocycles. The number of anilines is 2. The van der Waals surface area contributed by atoms with Gasteiger partial charge >= 0.3 is 0 Å². The number of hydrogen-bond acceptors (Lipinski definition) is 7. The Bertz CT molecular complexity index is 791. The zero-order valence-corrected chi connectivity index (χ0v) is 16.2. The van der Waals surface area contributed by atoms with Crippen molar-refractivity contribution in [3.05, 3.63) is 34.9 Å². The average molecular weight is 371 g/mol. The lowest BCUT2D eigenvalue weighted by Crippen LogP contribution is -2.53. The summed E-state index contributed by atoms with van der Waals surface area (Å²) in [6.07, 6.45) is 4.00. The van der Waals surface area contributed by atoms with E-state index in [0.717, 1.165) is 75.1 Å². The van der Waals surface area contributed by atoms with Crippen molar-refractivity contribution in [2.75, 3.05) is 43.5 Å². The summed E-state index contributed by atoms with van der Waals surface area (Å²) in [6, 6.07) is 4.30. The molecule has 0 bridgehead atoms. The number of aliphatic hydroxyl groups excluding tert-OH is 1. The zero-order valence-electron chi connectivity index (χ0n) is 16.2. The lowest BCUT2D eigenvalue weighted by atomic mass is 10.1. The van der Waals surface area contributed by atoms with Crippen LogP contribution in [0.1, 0.15) is 35.6 Å². The van der Waals surface area contributed by atoms with Crippen LogP contribution in [0.5, 0.6) is 0 Å². The average Bonchev–Trinajstić information content (AvgIpc) is 3.31. The van der Waals surface area contributed by atoms with Gasteiger partial charge in [-0.3, -0.25) is 4.90 Å². The molecule has 2 aromatic heterocycles.